The molecule has 7 heteroatoms. The average Bonchev–Trinajstić information content (AvgIpc) is 2.58. The Bertz CT molecular complexity index is 571. The van der Waals surface area contributed by atoms with Crippen LogP contribution >= 0.6 is 0 Å². The van der Waals surface area contributed by atoms with Crippen LogP contribution in [0.4, 0.5) is 8.78 Å². The Hall–Kier alpha value is -1.93. The van der Waals surface area contributed by atoms with Crippen LogP contribution in [-0.4, -0.2) is 47.1 Å². The van der Waals surface area contributed by atoms with E-state index in [0.29, 0.717) is 6.42 Å². The van der Waals surface area contributed by atoms with E-state index in [1.807, 2.05) is 18.2 Å². The van der Waals surface area contributed by atoms with Crippen molar-refractivity contribution in [2.24, 2.45) is 0 Å². The highest BCUT2D eigenvalue weighted by Gasteiger charge is 2.25. The molecule has 0 aliphatic rings. The Kier molecular flexibility index (Phi) is 21.9. The van der Waals surface area contributed by atoms with Crippen molar-refractivity contribution in [3.05, 3.63) is 48.0 Å². The number of benzene rings is 2. The minimum absolute atomic E-state index is 0. The summed E-state index contributed by atoms with van der Waals surface area (Å²) in [6.45, 7) is 1.82. The number of aldehydes is 1. The quantitative estimate of drug-likeness (QED) is 0.778. The van der Waals surface area contributed by atoms with Gasteiger partial charge in [-0.1, -0.05) is 56.8 Å². The average molecular weight is 378 g/mol. The lowest BCUT2D eigenvalue weighted by molar-refractivity contribution is -0.129. The molecule has 0 saturated heterocycles. The molecule has 2 aromatic carbocycles. The van der Waals surface area contributed by atoms with E-state index < -0.39 is 5.92 Å². The lowest BCUT2D eigenvalue weighted by Crippen LogP contribution is -2.16. The van der Waals surface area contributed by atoms with Gasteiger partial charge in [-0.25, -0.2) is 0 Å². The molecule has 2 rings (SSSR count). The number of carbonyl (C=O) groups excluding carboxylic acids is 1. The van der Waals surface area contributed by atoms with Crippen molar-refractivity contribution in [3.8, 4) is 0 Å². The number of carbonyl (C=O) groups is 1. The van der Waals surface area contributed by atoms with E-state index in [1.54, 1.807) is 6.92 Å². The SMILES string of the molecule is C.CCCC(F)(F)C=O.CO.O.O.OCCc1cccc2ccccc12. The summed E-state index contributed by atoms with van der Waals surface area (Å²) in [5.74, 6) is -3.09. The van der Waals surface area contributed by atoms with Gasteiger partial charge in [-0.2, -0.15) is 8.78 Å². The lowest BCUT2D eigenvalue weighted by atomic mass is 10.0. The predicted molar refractivity (Wildman–Crippen MR) is 103 cm³/mol. The number of alkyl halides is 2. The van der Waals surface area contributed by atoms with Gasteiger partial charge >= 0.3 is 5.92 Å². The maximum Gasteiger partial charge on any atom is 0.302 e. The first-order valence-electron chi connectivity index (χ1n) is 7.40. The summed E-state index contributed by atoms with van der Waals surface area (Å²) in [5, 5.41) is 18.4. The van der Waals surface area contributed by atoms with Gasteiger partial charge < -0.3 is 21.2 Å². The highest BCUT2D eigenvalue weighted by molar-refractivity contribution is 5.85. The maximum absolute atomic E-state index is 11.8. The summed E-state index contributed by atoms with van der Waals surface area (Å²) >= 11 is 0. The van der Waals surface area contributed by atoms with Gasteiger partial charge in [-0.15, -0.1) is 0 Å². The van der Waals surface area contributed by atoms with Crippen LogP contribution in [0.25, 0.3) is 10.8 Å². The van der Waals surface area contributed by atoms with Crippen LogP contribution in [0.3, 0.4) is 0 Å². The van der Waals surface area contributed by atoms with Crippen LogP contribution in [0.15, 0.2) is 42.5 Å². The van der Waals surface area contributed by atoms with Crippen molar-refractivity contribution in [2.45, 2.75) is 39.5 Å². The monoisotopic (exact) mass is 378 g/mol. The summed E-state index contributed by atoms with van der Waals surface area (Å²) < 4.78 is 23.6. The minimum atomic E-state index is -3.09. The van der Waals surface area contributed by atoms with E-state index >= 15 is 0 Å². The third kappa shape index (κ3) is 11.6. The topological polar surface area (TPSA) is 121 Å². The van der Waals surface area contributed by atoms with Crippen molar-refractivity contribution in [1.82, 2.24) is 0 Å². The molecule has 26 heavy (non-hydrogen) atoms. The Morgan fingerprint density at radius 3 is 2.04 bits per heavy atom. The highest BCUT2D eigenvalue weighted by Crippen LogP contribution is 2.18. The Morgan fingerprint density at radius 2 is 1.58 bits per heavy atom. The van der Waals surface area contributed by atoms with Gasteiger partial charge in [-0.3, -0.25) is 4.79 Å². The molecule has 0 spiro atoms. The normalized spacial score (nSPS) is 9.00. The van der Waals surface area contributed by atoms with Gasteiger partial charge in [0.15, 0.2) is 6.29 Å². The molecular formula is C19H32F2O5. The predicted octanol–water partition coefficient (Wildman–Crippen LogP) is 2.59. The number of rotatable bonds is 5. The van der Waals surface area contributed by atoms with Crippen LogP contribution in [-0.2, 0) is 11.2 Å². The van der Waals surface area contributed by atoms with Crippen LogP contribution in [0.5, 0.6) is 0 Å². The molecule has 6 N–H and O–H groups in total. The molecule has 0 bridgehead atoms. The molecule has 0 atom stereocenters. The molecule has 0 fully saturated rings. The van der Waals surface area contributed by atoms with Gasteiger partial charge in [-0.05, 0) is 29.2 Å². The fourth-order valence-electron chi connectivity index (χ4n) is 2.02. The second-order valence-corrected chi connectivity index (χ2v) is 4.74. The van der Waals surface area contributed by atoms with E-state index in [1.165, 1.54) is 16.3 Å². The van der Waals surface area contributed by atoms with E-state index in [-0.39, 0.29) is 37.7 Å². The van der Waals surface area contributed by atoms with Crippen LogP contribution in [0, 0.1) is 0 Å². The van der Waals surface area contributed by atoms with Gasteiger partial charge in [0, 0.05) is 20.1 Å². The lowest BCUT2D eigenvalue weighted by Gasteiger charge is -2.03. The van der Waals surface area contributed by atoms with Gasteiger partial charge in [0.05, 0.1) is 0 Å². The second kappa shape index (κ2) is 17.9. The fourth-order valence-corrected chi connectivity index (χ4v) is 2.02. The fraction of sp³-hybridized carbons (Fsp3) is 0.421. The summed E-state index contributed by atoms with van der Waals surface area (Å²) in [5.41, 5.74) is 1.22. The van der Waals surface area contributed by atoms with Gasteiger partial charge in [0.1, 0.15) is 0 Å². The zero-order valence-corrected chi connectivity index (χ0v) is 14.5. The van der Waals surface area contributed by atoms with E-state index in [0.717, 1.165) is 13.5 Å². The summed E-state index contributed by atoms with van der Waals surface area (Å²) in [7, 11) is 1.00. The van der Waals surface area contributed by atoms with Crippen molar-refractivity contribution in [1.29, 1.82) is 0 Å². The smallest absolute Gasteiger partial charge is 0.302 e. The van der Waals surface area contributed by atoms with Crippen molar-refractivity contribution < 1.29 is 34.7 Å². The van der Waals surface area contributed by atoms with Crippen LogP contribution in [0.1, 0.15) is 32.8 Å². The molecule has 0 aliphatic heterocycles. The Morgan fingerprint density at radius 1 is 1.04 bits per heavy atom. The first kappa shape index (κ1) is 31.8. The number of halogens is 2. The maximum atomic E-state index is 11.8. The third-order valence-corrected chi connectivity index (χ3v) is 3.02. The zero-order valence-electron chi connectivity index (χ0n) is 14.5. The molecule has 2 aromatic rings. The third-order valence-electron chi connectivity index (χ3n) is 3.02. The molecule has 0 unspecified atom stereocenters. The van der Waals surface area contributed by atoms with E-state index in [9.17, 15) is 13.6 Å². The molecule has 0 radical (unpaired) electrons. The number of hydrogen-bond donors (Lipinski definition) is 2. The van der Waals surface area contributed by atoms with Crippen molar-refractivity contribution in [3.63, 3.8) is 0 Å². The van der Waals surface area contributed by atoms with Crippen molar-refractivity contribution in [2.75, 3.05) is 13.7 Å². The van der Waals surface area contributed by atoms with Gasteiger partial charge in [0.25, 0.3) is 0 Å². The molecule has 0 aliphatic carbocycles. The van der Waals surface area contributed by atoms with E-state index in [4.69, 9.17) is 10.2 Å². The van der Waals surface area contributed by atoms with Crippen molar-refractivity contribution >= 4 is 17.1 Å². The standard InChI is InChI=1S/C12H12O.C5H8F2O.CH4O.CH4.2H2O/c13-9-8-11-6-3-5-10-4-1-2-7-12(10)11;1-2-3-5(6,7)4-8;1-2;;;/h1-7,13H,8-9H2;4H,2-3H2,1H3;2H,1H3;1H4;2*1H2. The first-order valence-corrected chi connectivity index (χ1v) is 7.40. The number of hydrogen-bond acceptors (Lipinski definition) is 3. The summed E-state index contributed by atoms with van der Waals surface area (Å²) in [4.78, 5) is 9.47. The van der Waals surface area contributed by atoms with Gasteiger partial charge in [0.2, 0.25) is 0 Å². The molecule has 5 nitrogen and oxygen atoms in total. The number of aliphatic hydroxyl groups excluding tert-OH is 2. The molecule has 152 valence electrons. The number of fused-ring (bicyclic) bond motifs is 1. The largest absolute Gasteiger partial charge is 0.412 e. The molecule has 0 heterocycles. The zero-order chi connectivity index (χ0) is 17.7. The minimum Gasteiger partial charge on any atom is -0.412 e. The first-order chi connectivity index (χ1) is 11.0. The molecule has 0 amide bonds. The summed E-state index contributed by atoms with van der Waals surface area (Å²) in [6.07, 6.45) is 0.431. The second-order valence-electron chi connectivity index (χ2n) is 4.74. The molecule has 0 aromatic heterocycles. The van der Waals surface area contributed by atoms with Crippen LogP contribution in [0.2, 0.25) is 0 Å². The van der Waals surface area contributed by atoms with E-state index in [2.05, 4.69) is 24.3 Å². The highest BCUT2D eigenvalue weighted by atomic mass is 19.3. The molecular weight excluding hydrogens is 346 g/mol. The number of aliphatic hydroxyl groups is 2. The molecule has 0 saturated carbocycles. The van der Waals surface area contributed by atoms with Crippen LogP contribution < -0.4 is 0 Å². The Labute approximate surface area is 153 Å². The summed E-state index contributed by atoms with van der Waals surface area (Å²) in [6, 6.07) is 14.5. The Balaban J connectivity index is -0.000000166.